The van der Waals surface area contributed by atoms with Crippen LogP contribution in [0.5, 0.6) is 5.75 Å². The second-order valence-corrected chi connectivity index (χ2v) is 10.2. The summed E-state index contributed by atoms with van der Waals surface area (Å²) >= 11 is 0. The minimum Gasteiger partial charge on any atom is -0.495 e. The molecule has 1 atom stereocenters. The van der Waals surface area contributed by atoms with Crippen molar-refractivity contribution in [1.82, 2.24) is 4.31 Å². The molecular weight excluding hydrogens is 457 g/mol. The molecule has 1 saturated heterocycles. The Morgan fingerprint density at radius 2 is 1.82 bits per heavy atom. The number of halogens is 3. The summed E-state index contributed by atoms with van der Waals surface area (Å²) in [7, 11) is -2.52. The van der Waals surface area contributed by atoms with E-state index in [9.17, 15) is 26.4 Å². The van der Waals surface area contributed by atoms with Crippen molar-refractivity contribution >= 4 is 21.6 Å². The van der Waals surface area contributed by atoms with Gasteiger partial charge in [-0.05, 0) is 60.7 Å². The van der Waals surface area contributed by atoms with E-state index in [4.69, 9.17) is 4.74 Å². The molecule has 1 heterocycles. The maximum Gasteiger partial charge on any atom is 0.416 e. The van der Waals surface area contributed by atoms with E-state index < -0.39 is 33.6 Å². The molecule has 0 bridgehead atoms. The smallest absolute Gasteiger partial charge is 0.416 e. The highest BCUT2D eigenvalue weighted by molar-refractivity contribution is 7.89. The van der Waals surface area contributed by atoms with Crippen LogP contribution in [0.3, 0.4) is 0 Å². The number of nitrogens with zero attached hydrogens (tertiary/aromatic N) is 1. The van der Waals surface area contributed by atoms with Crippen molar-refractivity contribution in [3.8, 4) is 5.75 Å². The Morgan fingerprint density at radius 3 is 2.39 bits per heavy atom. The lowest BCUT2D eigenvalue weighted by atomic mass is 9.98. The fourth-order valence-electron chi connectivity index (χ4n) is 3.75. The van der Waals surface area contributed by atoms with Gasteiger partial charge in [-0.15, -0.1) is 0 Å². The van der Waals surface area contributed by atoms with Gasteiger partial charge in [-0.1, -0.05) is 19.9 Å². The Morgan fingerprint density at radius 1 is 1.15 bits per heavy atom. The maximum absolute atomic E-state index is 13.4. The number of ether oxygens (including phenoxy) is 1. The molecule has 2 aromatic carbocycles. The summed E-state index contributed by atoms with van der Waals surface area (Å²) in [5.74, 6) is -0.711. The van der Waals surface area contributed by atoms with Crippen LogP contribution in [0.4, 0.5) is 18.9 Å². The number of carbonyl (C=O) groups excluding carboxylic acids is 1. The van der Waals surface area contributed by atoms with Gasteiger partial charge in [0.2, 0.25) is 15.9 Å². The summed E-state index contributed by atoms with van der Waals surface area (Å²) in [4.78, 5) is 12.8. The maximum atomic E-state index is 13.4. The summed E-state index contributed by atoms with van der Waals surface area (Å²) in [6, 6.07) is 9.19. The number of hydrogen-bond acceptors (Lipinski definition) is 4. The van der Waals surface area contributed by atoms with Crippen molar-refractivity contribution in [1.29, 1.82) is 0 Å². The molecule has 10 heteroatoms. The Hall–Kier alpha value is -2.59. The molecule has 0 radical (unpaired) electrons. The molecular formula is C23H27F3N2O4S. The largest absolute Gasteiger partial charge is 0.495 e. The predicted molar refractivity (Wildman–Crippen MR) is 119 cm³/mol. The number of methoxy groups -OCH3 is 1. The normalized spacial score (nSPS) is 17.7. The Kier molecular flexibility index (Phi) is 7.38. The number of rotatable bonds is 6. The standard InChI is InChI=1S/C23H27F3N2O4S/c1-15(2)16-6-11-20(32-3)21(13-16)33(30,31)28-12-4-5-17(14-28)22(29)27-19-9-7-18(8-10-19)23(24,25)26/h6-11,13,15,17H,4-5,12,14H2,1-3H3,(H,27,29)/t17-/m0/s1. The lowest BCUT2D eigenvalue weighted by molar-refractivity contribution is -0.137. The van der Waals surface area contributed by atoms with Gasteiger partial charge in [0.25, 0.3) is 0 Å². The first kappa shape index (κ1) is 25.0. The van der Waals surface area contributed by atoms with Gasteiger partial charge in [0.05, 0.1) is 18.6 Å². The Balaban J connectivity index is 1.77. The van der Waals surface area contributed by atoms with E-state index in [1.165, 1.54) is 23.5 Å². The number of anilines is 1. The van der Waals surface area contributed by atoms with Crippen LogP contribution in [-0.4, -0.2) is 38.8 Å². The van der Waals surface area contributed by atoms with E-state index in [2.05, 4.69) is 5.32 Å². The molecule has 1 aliphatic heterocycles. The molecule has 1 fully saturated rings. The lowest BCUT2D eigenvalue weighted by Crippen LogP contribution is -2.43. The van der Waals surface area contributed by atoms with Gasteiger partial charge in [-0.3, -0.25) is 4.79 Å². The van der Waals surface area contributed by atoms with Crippen molar-refractivity contribution in [3.63, 3.8) is 0 Å². The number of carbonyl (C=O) groups is 1. The number of piperidine rings is 1. The molecule has 0 spiro atoms. The zero-order valence-electron chi connectivity index (χ0n) is 18.6. The van der Waals surface area contributed by atoms with Crippen LogP contribution in [0.25, 0.3) is 0 Å². The molecule has 3 rings (SSSR count). The first-order valence-electron chi connectivity index (χ1n) is 10.6. The highest BCUT2D eigenvalue weighted by Gasteiger charge is 2.35. The zero-order chi connectivity index (χ0) is 24.4. The Bertz CT molecular complexity index is 1100. The summed E-state index contributed by atoms with van der Waals surface area (Å²) in [5, 5.41) is 2.60. The first-order chi connectivity index (χ1) is 15.4. The molecule has 0 aliphatic carbocycles. The third-order valence-corrected chi connectivity index (χ3v) is 7.59. The summed E-state index contributed by atoms with van der Waals surface area (Å²) < 4.78 is 71.6. The average molecular weight is 485 g/mol. The summed E-state index contributed by atoms with van der Waals surface area (Å²) in [5.41, 5.74) is 0.260. The molecule has 180 valence electrons. The first-order valence-corrected chi connectivity index (χ1v) is 12.0. The van der Waals surface area contributed by atoms with Gasteiger partial charge in [0, 0.05) is 18.8 Å². The molecule has 6 nitrogen and oxygen atoms in total. The van der Waals surface area contributed by atoms with E-state index >= 15 is 0 Å². The second-order valence-electron chi connectivity index (χ2n) is 8.33. The highest BCUT2D eigenvalue weighted by atomic mass is 32.2. The highest BCUT2D eigenvalue weighted by Crippen LogP contribution is 2.33. The van der Waals surface area contributed by atoms with Crippen molar-refractivity contribution in [2.75, 3.05) is 25.5 Å². The number of hydrogen-bond donors (Lipinski definition) is 1. The fourth-order valence-corrected chi connectivity index (χ4v) is 5.47. The van der Waals surface area contributed by atoms with Crippen LogP contribution in [0.1, 0.15) is 43.7 Å². The number of alkyl halides is 3. The summed E-state index contributed by atoms with van der Waals surface area (Å²) in [6.45, 7) is 4.16. The fraction of sp³-hybridized carbons (Fsp3) is 0.435. The van der Waals surface area contributed by atoms with Crippen LogP contribution in [0.15, 0.2) is 47.4 Å². The van der Waals surface area contributed by atoms with E-state index in [0.717, 1.165) is 17.7 Å². The van der Waals surface area contributed by atoms with Crippen LogP contribution in [0.2, 0.25) is 0 Å². The molecule has 0 saturated carbocycles. The number of amides is 1. The van der Waals surface area contributed by atoms with Crippen molar-refractivity contribution < 1.29 is 31.1 Å². The van der Waals surface area contributed by atoms with Gasteiger partial charge in [-0.2, -0.15) is 17.5 Å². The van der Waals surface area contributed by atoms with Gasteiger partial charge >= 0.3 is 6.18 Å². The second kappa shape index (κ2) is 9.72. The van der Waals surface area contributed by atoms with Crippen molar-refractivity contribution in [2.45, 2.75) is 43.7 Å². The monoisotopic (exact) mass is 484 g/mol. The lowest BCUT2D eigenvalue weighted by Gasteiger charge is -2.31. The van der Waals surface area contributed by atoms with Gasteiger partial charge in [0.1, 0.15) is 10.6 Å². The third kappa shape index (κ3) is 5.67. The molecule has 1 amide bonds. The van der Waals surface area contributed by atoms with Crippen LogP contribution >= 0.6 is 0 Å². The molecule has 33 heavy (non-hydrogen) atoms. The number of benzene rings is 2. The number of sulfonamides is 1. The van der Waals surface area contributed by atoms with Crippen molar-refractivity contribution in [2.24, 2.45) is 5.92 Å². The quantitative estimate of drug-likeness (QED) is 0.634. The minimum atomic E-state index is -4.46. The van der Waals surface area contributed by atoms with E-state index in [-0.39, 0.29) is 35.3 Å². The number of nitrogens with one attached hydrogen (secondary N) is 1. The SMILES string of the molecule is COc1ccc(C(C)C)cc1S(=O)(=O)N1CCC[C@H](C(=O)Nc2ccc(C(F)(F)F)cc2)C1. The van der Waals surface area contributed by atoms with E-state index in [1.54, 1.807) is 12.1 Å². The van der Waals surface area contributed by atoms with Crippen LogP contribution < -0.4 is 10.1 Å². The Labute approximate surface area is 191 Å². The molecule has 0 unspecified atom stereocenters. The van der Waals surface area contributed by atoms with Crippen molar-refractivity contribution in [3.05, 3.63) is 53.6 Å². The summed E-state index contributed by atoms with van der Waals surface area (Å²) in [6.07, 6.45) is -3.51. The molecule has 0 aromatic heterocycles. The predicted octanol–water partition coefficient (Wildman–Crippen LogP) is 4.88. The van der Waals surface area contributed by atoms with E-state index in [0.29, 0.717) is 12.8 Å². The zero-order valence-corrected chi connectivity index (χ0v) is 19.5. The van der Waals surface area contributed by atoms with Crippen LogP contribution in [0, 0.1) is 5.92 Å². The third-order valence-electron chi connectivity index (χ3n) is 5.71. The van der Waals surface area contributed by atoms with Gasteiger partial charge < -0.3 is 10.1 Å². The minimum absolute atomic E-state index is 0.0239. The average Bonchev–Trinajstić information content (AvgIpc) is 2.78. The molecule has 2 aromatic rings. The topological polar surface area (TPSA) is 75.7 Å². The molecule has 1 N–H and O–H groups in total. The van der Waals surface area contributed by atoms with E-state index in [1.807, 2.05) is 19.9 Å². The van der Waals surface area contributed by atoms with Crippen LogP contribution in [-0.2, 0) is 21.0 Å². The van der Waals surface area contributed by atoms with Gasteiger partial charge in [-0.25, -0.2) is 8.42 Å². The van der Waals surface area contributed by atoms with Gasteiger partial charge in [0.15, 0.2) is 0 Å². The molecule has 1 aliphatic rings.